The third-order valence-electron chi connectivity index (χ3n) is 2.07. The van der Waals surface area contributed by atoms with E-state index in [9.17, 15) is 9.59 Å². The molecule has 1 aromatic heterocycles. The van der Waals surface area contributed by atoms with Gasteiger partial charge in [-0.1, -0.05) is 0 Å². The molecule has 1 aromatic rings. The molecular weight excluding hydrogens is 256 g/mol. The monoisotopic (exact) mass is 270 g/mol. The molecule has 0 aliphatic carbocycles. The number of hydrogen-bond donors (Lipinski definition) is 3. The first-order chi connectivity index (χ1) is 9.06. The van der Waals surface area contributed by atoms with Crippen molar-refractivity contribution in [1.82, 2.24) is 4.98 Å². The second kappa shape index (κ2) is 7.29. The zero-order valence-corrected chi connectivity index (χ0v) is 10.0. The van der Waals surface area contributed by atoms with Gasteiger partial charge < -0.3 is 25.4 Å². The molecule has 4 N–H and O–H groups in total. The summed E-state index contributed by atoms with van der Waals surface area (Å²) in [6.07, 6.45) is 1.14. The van der Waals surface area contributed by atoms with Gasteiger partial charge in [-0.2, -0.15) is 0 Å². The van der Waals surface area contributed by atoms with Gasteiger partial charge in [0.2, 0.25) is 11.8 Å². The Morgan fingerprint density at radius 2 is 2.05 bits per heavy atom. The maximum absolute atomic E-state index is 11.0. The zero-order valence-electron chi connectivity index (χ0n) is 10.0. The lowest BCUT2D eigenvalue weighted by Gasteiger charge is -2.08. The van der Waals surface area contributed by atoms with E-state index in [1.54, 1.807) is 0 Å². The van der Waals surface area contributed by atoms with Crippen molar-refractivity contribution in [3.63, 3.8) is 0 Å². The number of pyridine rings is 1. The standard InChI is InChI=1S/C11H14N2O6/c12-9(15)7-5-8(11(16)17)10(13-6-7)19-4-3-18-2-1-14/h5-6,14H,1-4H2,(H2,12,15)(H,16,17). The summed E-state index contributed by atoms with van der Waals surface area (Å²) < 4.78 is 10.1. The molecule has 0 fully saturated rings. The molecule has 0 radical (unpaired) electrons. The number of amides is 1. The van der Waals surface area contributed by atoms with Crippen molar-refractivity contribution in [2.24, 2.45) is 5.73 Å². The molecule has 0 saturated carbocycles. The summed E-state index contributed by atoms with van der Waals surface area (Å²) in [7, 11) is 0. The van der Waals surface area contributed by atoms with Crippen LogP contribution in [0.2, 0.25) is 0 Å². The molecule has 0 aromatic carbocycles. The molecule has 0 aliphatic rings. The molecule has 0 aliphatic heterocycles. The Hall–Kier alpha value is -2.19. The Balaban J connectivity index is 2.71. The number of carboxylic acid groups (broad SMARTS) is 1. The number of ether oxygens (including phenoxy) is 2. The molecule has 0 unspecified atom stereocenters. The fraction of sp³-hybridized carbons (Fsp3) is 0.364. The van der Waals surface area contributed by atoms with Gasteiger partial charge in [-0.15, -0.1) is 0 Å². The lowest BCUT2D eigenvalue weighted by Crippen LogP contribution is -2.15. The van der Waals surface area contributed by atoms with Crippen molar-refractivity contribution in [1.29, 1.82) is 0 Å². The quantitative estimate of drug-likeness (QED) is 0.530. The van der Waals surface area contributed by atoms with Gasteiger partial charge in [-0.25, -0.2) is 9.78 Å². The molecule has 8 heteroatoms. The van der Waals surface area contributed by atoms with Gasteiger partial charge >= 0.3 is 5.97 Å². The number of hydrogen-bond acceptors (Lipinski definition) is 6. The molecule has 0 bridgehead atoms. The van der Waals surface area contributed by atoms with Gasteiger partial charge in [0.25, 0.3) is 0 Å². The third kappa shape index (κ3) is 4.53. The average molecular weight is 270 g/mol. The number of aromatic carboxylic acids is 1. The molecule has 1 rings (SSSR count). The Kier molecular flexibility index (Phi) is 5.71. The predicted molar refractivity (Wildman–Crippen MR) is 63.1 cm³/mol. The number of aromatic nitrogens is 1. The highest BCUT2D eigenvalue weighted by molar-refractivity contribution is 5.97. The number of aliphatic hydroxyl groups is 1. The van der Waals surface area contributed by atoms with E-state index >= 15 is 0 Å². The van der Waals surface area contributed by atoms with E-state index < -0.39 is 11.9 Å². The molecular formula is C11H14N2O6. The van der Waals surface area contributed by atoms with E-state index in [1.807, 2.05) is 0 Å². The van der Waals surface area contributed by atoms with Gasteiger partial charge in [-0.05, 0) is 6.07 Å². The summed E-state index contributed by atoms with van der Waals surface area (Å²) in [5.74, 6) is -2.17. The van der Waals surface area contributed by atoms with Gasteiger partial charge in [-0.3, -0.25) is 4.79 Å². The SMILES string of the molecule is NC(=O)c1cnc(OCCOCCO)c(C(=O)O)c1. The number of primary amides is 1. The number of carbonyl (C=O) groups is 2. The van der Waals surface area contributed by atoms with Crippen LogP contribution in [0.25, 0.3) is 0 Å². The second-order valence-electron chi connectivity index (χ2n) is 3.43. The minimum Gasteiger partial charge on any atom is -0.477 e. The number of rotatable bonds is 8. The number of carbonyl (C=O) groups excluding carboxylic acids is 1. The highest BCUT2D eigenvalue weighted by Gasteiger charge is 2.15. The van der Waals surface area contributed by atoms with Crippen molar-refractivity contribution in [3.05, 3.63) is 23.4 Å². The first-order valence-electron chi connectivity index (χ1n) is 5.40. The number of carboxylic acids is 1. The van der Waals surface area contributed by atoms with Crippen LogP contribution >= 0.6 is 0 Å². The Labute approximate surface area is 108 Å². The summed E-state index contributed by atoms with van der Waals surface area (Å²) >= 11 is 0. The van der Waals surface area contributed by atoms with Crippen LogP contribution in [0.4, 0.5) is 0 Å². The van der Waals surface area contributed by atoms with Gasteiger partial charge in [0.1, 0.15) is 12.2 Å². The van der Waals surface area contributed by atoms with Crippen LogP contribution in [0.1, 0.15) is 20.7 Å². The third-order valence-corrected chi connectivity index (χ3v) is 2.07. The normalized spacial score (nSPS) is 10.2. The fourth-order valence-corrected chi connectivity index (χ4v) is 1.22. The predicted octanol–water partition coefficient (Wildman–Crippen LogP) is -0.734. The minimum atomic E-state index is -1.28. The van der Waals surface area contributed by atoms with Crippen LogP contribution in [-0.4, -0.2) is 53.5 Å². The molecule has 8 nitrogen and oxygen atoms in total. The number of nitrogens with zero attached hydrogens (tertiary/aromatic N) is 1. The maximum Gasteiger partial charge on any atom is 0.341 e. The molecule has 0 atom stereocenters. The van der Waals surface area contributed by atoms with Crippen LogP contribution in [0, 0.1) is 0 Å². The first kappa shape index (κ1) is 14.9. The van der Waals surface area contributed by atoms with Crippen LogP contribution in [0.5, 0.6) is 5.88 Å². The van der Waals surface area contributed by atoms with Crippen molar-refractivity contribution >= 4 is 11.9 Å². The topological polar surface area (TPSA) is 132 Å². The van der Waals surface area contributed by atoms with E-state index in [0.717, 1.165) is 12.3 Å². The molecule has 0 saturated heterocycles. The maximum atomic E-state index is 11.0. The molecule has 1 heterocycles. The fourth-order valence-electron chi connectivity index (χ4n) is 1.22. The van der Waals surface area contributed by atoms with E-state index in [1.165, 1.54) is 0 Å². The lowest BCUT2D eigenvalue weighted by molar-refractivity contribution is 0.0648. The summed E-state index contributed by atoms with van der Waals surface area (Å²) in [6, 6.07) is 1.10. The zero-order chi connectivity index (χ0) is 14.3. The molecule has 104 valence electrons. The van der Waals surface area contributed by atoms with Gasteiger partial charge in [0.15, 0.2) is 0 Å². The van der Waals surface area contributed by atoms with Crippen molar-refractivity contribution in [2.75, 3.05) is 26.4 Å². The Bertz CT molecular complexity index is 462. The average Bonchev–Trinajstić information content (AvgIpc) is 2.38. The van der Waals surface area contributed by atoms with Crippen molar-refractivity contribution < 1.29 is 29.3 Å². The lowest BCUT2D eigenvalue weighted by atomic mass is 10.2. The van der Waals surface area contributed by atoms with E-state index in [4.69, 9.17) is 25.4 Å². The van der Waals surface area contributed by atoms with Crippen molar-refractivity contribution in [3.8, 4) is 5.88 Å². The largest absolute Gasteiger partial charge is 0.477 e. The van der Waals surface area contributed by atoms with E-state index in [0.29, 0.717) is 0 Å². The van der Waals surface area contributed by atoms with Crippen LogP contribution in [-0.2, 0) is 4.74 Å². The number of aliphatic hydroxyl groups excluding tert-OH is 1. The number of nitrogens with two attached hydrogens (primary N) is 1. The van der Waals surface area contributed by atoms with E-state index in [-0.39, 0.29) is 43.4 Å². The van der Waals surface area contributed by atoms with Gasteiger partial charge in [0.05, 0.1) is 25.4 Å². The first-order valence-corrected chi connectivity index (χ1v) is 5.40. The molecule has 0 spiro atoms. The minimum absolute atomic E-state index is 0.0127. The second-order valence-corrected chi connectivity index (χ2v) is 3.43. The summed E-state index contributed by atoms with van der Waals surface area (Å²) in [6.45, 7) is 0.317. The van der Waals surface area contributed by atoms with Crippen LogP contribution in [0.15, 0.2) is 12.3 Å². The van der Waals surface area contributed by atoms with Crippen LogP contribution in [0.3, 0.4) is 0 Å². The Morgan fingerprint density at radius 1 is 1.32 bits per heavy atom. The van der Waals surface area contributed by atoms with Crippen LogP contribution < -0.4 is 10.5 Å². The Morgan fingerprint density at radius 3 is 2.63 bits per heavy atom. The smallest absolute Gasteiger partial charge is 0.341 e. The highest BCUT2D eigenvalue weighted by atomic mass is 16.5. The molecule has 19 heavy (non-hydrogen) atoms. The summed E-state index contributed by atoms with van der Waals surface area (Å²) in [5.41, 5.74) is 4.77. The highest BCUT2D eigenvalue weighted by Crippen LogP contribution is 2.16. The van der Waals surface area contributed by atoms with E-state index in [2.05, 4.69) is 4.98 Å². The summed E-state index contributed by atoms with van der Waals surface area (Å²) in [5, 5.41) is 17.5. The molecule has 1 amide bonds. The van der Waals surface area contributed by atoms with Gasteiger partial charge in [0, 0.05) is 6.20 Å². The van der Waals surface area contributed by atoms with Crippen molar-refractivity contribution in [2.45, 2.75) is 0 Å². The summed E-state index contributed by atoms with van der Waals surface area (Å²) in [4.78, 5) is 25.6.